The number of alkyl halides is 3. The zero-order valence-corrected chi connectivity index (χ0v) is 12.1. The maximum Gasteiger partial charge on any atom is 0.416 e. The molecule has 0 amide bonds. The SMILES string of the molecule is Cc1cc(C)c(C(O)c2ccccc2C(F)(F)F)cc1C. The van der Waals surface area contributed by atoms with Crippen molar-refractivity contribution in [3.63, 3.8) is 0 Å². The lowest BCUT2D eigenvalue weighted by Gasteiger charge is -2.20. The fraction of sp³-hybridized carbons (Fsp3) is 0.294. The topological polar surface area (TPSA) is 20.2 Å². The van der Waals surface area contributed by atoms with Crippen LogP contribution in [0, 0.1) is 20.8 Å². The minimum atomic E-state index is -4.48. The highest BCUT2D eigenvalue weighted by molar-refractivity contribution is 5.44. The first kappa shape index (κ1) is 15.6. The summed E-state index contributed by atoms with van der Waals surface area (Å²) in [6.07, 6.45) is -5.77. The molecule has 2 rings (SSSR count). The zero-order chi connectivity index (χ0) is 15.8. The summed E-state index contributed by atoms with van der Waals surface area (Å²) in [5, 5.41) is 10.4. The van der Waals surface area contributed by atoms with Crippen LogP contribution in [0.5, 0.6) is 0 Å². The smallest absolute Gasteiger partial charge is 0.384 e. The van der Waals surface area contributed by atoms with Crippen molar-refractivity contribution in [2.24, 2.45) is 0 Å². The average Bonchev–Trinajstić information content (AvgIpc) is 2.41. The summed E-state index contributed by atoms with van der Waals surface area (Å²) < 4.78 is 39.2. The van der Waals surface area contributed by atoms with Gasteiger partial charge in [-0.25, -0.2) is 0 Å². The highest BCUT2D eigenvalue weighted by atomic mass is 19.4. The Labute approximate surface area is 122 Å². The van der Waals surface area contributed by atoms with E-state index in [-0.39, 0.29) is 5.56 Å². The predicted molar refractivity (Wildman–Crippen MR) is 76.2 cm³/mol. The number of rotatable bonds is 2. The van der Waals surface area contributed by atoms with Gasteiger partial charge < -0.3 is 5.11 Å². The second-order valence-electron chi connectivity index (χ2n) is 5.28. The van der Waals surface area contributed by atoms with Crippen LogP contribution in [0.4, 0.5) is 13.2 Å². The van der Waals surface area contributed by atoms with Crippen molar-refractivity contribution in [2.45, 2.75) is 33.1 Å². The molecule has 2 aromatic rings. The highest BCUT2D eigenvalue weighted by Crippen LogP contribution is 2.37. The highest BCUT2D eigenvalue weighted by Gasteiger charge is 2.35. The van der Waals surface area contributed by atoms with Gasteiger partial charge in [0.2, 0.25) is 0 Å². The fourth-order valence-electron chi connectivity index (χ4n) is 2.44. The van der Waals surface area contributed by atoms with Crippen molar-refractivity contribution in [1.29, 1.82) is 0 Å². The van der Waals surface area contributed by atoms with Crippen LogP contribution in [0.1, 0.15) is 39.5 Å². The van der Waals surface area contributed by atoms with Gasteiger partial charge >= 0.3 is 6.18 Å². The Morgan fingerprint density at radius 2 is 1.43 bits per heavy atom. The predicted octanol–water partition coefficient (Wildman–Crippen LogP) is 4.71. The largest absolute Gasteiger partial charge is 0.416 e. The van der Waals surface area contributed by atoms with Crippen LogP contribution in [0.15, 0.2) is 36.4 Å². The Hall–Kier alpha value is -1.81. The van der Waals surface area contributed by atoms with Crippen LogP contribution in [-0.4, -0.2) is 5.11 Å². The molecule has 0 bridgehead atoms. The summed E-state index contributed by atoms with van der Waals surface area (Å²) in [5.41, 5.74) is 2.37. The quantitative estimate of drug-likeness (QED) is 0.850. The lowest BCUT2D eigenvalue weighted by atomic mass is 9.91. The van der Waals surface area contributed by atoms with Gasteiger partial charge in [-0.1, -0.05) is 30.3 Å². The van der Waals surface area contributed by atoms with Gasteiger partial charge in [-0.2, -0.15) is 13.2 Å². The second-order valence-corrected chi connectivity index (χ2v) is 5.28. The van der Waals surface area contributed by atoms with E-state index in [0.717, 1.165) is 22.8 Å². The number of hydrogen-bond acceptors (Lipinski definition) is 1. The molecule has 1 atom stereocenters. The van der Waals surface area contributed by atoms with E-state index in [0.29, 0.717) is 5.56 Å². The summed E-state index contributed by atoms with van der Waals surface area (Å²) in [6, 6.07) is 8.78. The lowest BCUT2D eigenvalue weighted by molar-refractivity contribution is -0.139. The first-order valence-corrected chi connectivity index (χ1v) is 6.63. The summed E-state index contributed by atoms with van der Waals surface area (Å²) in [5.74, 6) is 0. The van der Waals surface area contributed by atoms with E-state index in [2.05, 4.69) is 0 Å². The summed E-state index contributed by atoms with van der Waals surface area (Å²) in [7, 11) is 0. The third kappa shape index (κ3) is 3.10. The van der Waals surface area contributed by atoms with Crippen molar-refractivity contribution >= 4 is 0 Å². The molecule has 0 saturated heterocycles. The number of aliphatic hydroxyl groups excluding tert-OH is 1. The van der Waals surface area contributed by atoms with Gasteiger partial charge in [0, 0.05) is 0 Å². The van der Waals surface area contributed by atoms with E-state index in [1.165, 1.54) is 18.2 Å². The molecular weight excluding hydrogens is 277 g/mol. The molecule has 0 heterocycles. The summed E-state index contributed by atoms with van der Waals surface area (Å²) in [4.78, 5) is 0. The fourth-order valence-corrected chi connectivity index (χ4v) is 2.44. The Balaban J connectivity index is 2.56. The van der Waals surface area contributed by atoms with E-state index in [1.54, 1.807) is 13.0 Å². The van der Waals surface area contributed by atoms with Gasteiger partial charge in [-0.15, -0.1) is 0 Å². The summed E-state index contributed by atoms with van der Waals surface area (Å²) >= 11 is 0. The van der Waals surface area contributed by atoms with E-state index < -0.39 is 17.8 Å². The van der Waals surface area contributed by atoms with Gasteiger partial charge in [0.1, 0.15) is 6.10 Å². The second kappa shape index (κ2) is 5.53. The molecule has 21 heavy (non-hydrogen) atoms. The van der Waals surface area contributed by atoms with E-state index in [9.17, 15) is 18.3 Å². The molecule has 0 spiro atoms. The van der Waals surface area contributed by atoms with Crippen molar-refractivity contribution in [1.82, 2.24) is 0 Å². The van der Waals surface area contributed by atoms with Crippen LogP contribution >= 0.6 is 0 Å². The number of hydrogen-bond donors (Lipinski definition) is 1. The van der Waals surface area contributed by atoms with Crippen LogP contribution in [-0.2, 0) is 6.18 Å². The van der Waals surface area contributed by atoms with Crippen LogP contribution in [0.2, 0.25) is 0 Å². The van der Waals surface area contributed by atoms with E-state index >= 15 is 0 Å². The molecule has 1 nitrogen and oxygen atoms in total. The van der Waals surface area contributed by atoms with Gasteiger partial charge in [0.05, 0.1) is 5.56 Å². The Kier molecular flexibility index (Phi) is 4.10. The molecule has 0 fully saturated rings. The van der Waals surface area contributed by atoms with Crippen molar-refractivity contribution < 1.29 is 18.3 Å². The normalized spacial score (nSPS) is 13.3. The van der Waals surface area contributed by atoms with E-state index in [1.807, 2.05) is 19.9 Å². The molecule has 0 radical (unpaired) electrons. The van der Waals surface area contributed by atoms with Crippen LogP contribution < -0.4 is 0 Å². The number of benzene rings is 2. The molecule has 2 aromatic carbocycles. The van der Waals surface area contributed by atoms with Gasteiger partial charge in [-0.05, 0) is 54.7 Å². The third-order valence-corrected chi connectivity index (χ3v) is 3.74. The Morgan fingerprint density at radius 1 is 0.857 bits per heavy atom. The van der Waals surface area contributed by atoms with Crippen LogP contribution in [0.3, 0.4) is 0 Å². The van der Waals surface area contributed by atoms with Gasteiger partial charge in [0.15, 0.2) is 0 Å². The third-order valence-electron chi connectivity index (χ3n) is 3.74. The monoisotopic (exact) mass is 294 g/mol. The van der Waals surface area contributed by atoms with Gasteiger partial charge in [0.25, 0.3) is 0 Å². The minimum Gasteiger partial charge on any atom is -0.384 e. The average molecular weight is 294 g/mol. The van der Waals surface area contributed by atoms with Crippen LogP contribution in [0.25, 0.3) is 0 Å². The molecule has 4 heteroatoms. The molecule has 0 aliphatic rings. The molecule has 0 aromatic heterocycles. The summed E-state index contributed by atoms with van der Waals surface area (Å²) in [6.45, 7) is 5.60. The van der Waals surface area contributed by atoms with Crippen molar-refractivity contribution in [3.05, 3.63) is 69.8 Å². The maximum absolute atomic E-state index is 13.1. The zero-order valence-electron chi connectivity index (χ0n) is 12.1. The standard InChI is InChI=1S/C17H17F3O/c1-10-8-12(3)14(9-11(10)2)16(21)13-6-4-5-7-15(13)17(18,19)20/h4-9,16,21H,1-3H3. The first-order chi connectivity index (χ1) is 9.71. The molecule has 0 saturated carbocycles. The maximum atomic E-state index is 13.1. The number of aryl methyl sites for hydroxylation is 3. The number of halogens is 3. The molecular formula is C17H17F3O. The van der Waals surface area contributed by atoms with Crippen molar-refractivity contribution in [2.75, 3.05) is 0 Å². The molecule has 1 N–H and O–H groups in total. The lowest BCUT2D eigenvalue weighted by Crippen LogP contribution is -2.13. The molecule has 0 aliphatic heterocycles. The molecule has 1 unspecified atom stereocenters. The van der Waals surface area contributed by atoms with Gasteiger partial charge in [-0.3, -0.25) is 0 Å². The molecule has 112 valence electrons. The minimum absolute atomic E-state index is 0.114. The molecule has 0 aliphatic carbocycles. The Morgan fingerprint density at radius 3 is 2.05 bits per heavy atom. The number of aliphatic hydroxyl groups is 1. The van der Waals surface area contributed by atoms with Crippen molar-refractivity contribution in [3.8, 4) is 0 Å². The first-order valence-electron chi connectivity index (χ1n) is 6.63. The van der Waals surface area contributed by atoms with E-state index in [4.69, 9.17) is 0 Å². The Bertz CT molecular complexity index is 660.